The number of hydrogen-bond donors (Lipinski definition) is 2. The zero-order valence-corrected chi connectivity index (χ0v) is 16.1. The number of ether oxygens (including phenoxy) is 3. The van der Waals surface area contributed by atoms with E-state index >= 15 is 0 Å². The van der Waals surface area contributed by atoms with E-state index < -0.39 is 0 Å². The molecule has 2 rings (SSSR count). The molecule has 0 bridgehead atoms. The highest BCUT2D eigenvalue weighted by Gasteiger charge is 2.18. The van der Waals surface area contributed by atoms with Gasteiger partial charge in [-0.1, -0.05) is 31.9 Å². The molecule has 0 unspecified atom stereocenters. The van der Waals surface area contributed by atoms with Crippen LogP contribution in [0.15, 0.2) is 36.4 Å². The second kappa shape index (κ2) is 10.4. The predicted molar refractivity (Wildman–Crippen MR) is 105 cm³/mol. The molecule has 0 atom stereocenters. The van der Waals surface area contributed by atoms with E-state index in [0.29, 0.717) is 35.1 Å². The summed E-state index contributed by atoms with van der Waals surface area (Å²) < 4.78 is 16.6. The number of nitrogens with one attached hydrogen (secondary N) is 1. The van der Waals surface area contributed by atoms with Crippen LogP contribution < -0.4 is 19.5 Å². The third-order valence-electron chi connectivity index (χ3n) is 4.08. The minimum atomic E-state index is -0.306. The lowest BCUT2D eigenvalue weighted by Crippen LogP contribution is -2.13. The summed E-state index contributed by atoms with van der Waals surface area (Å²) in [7, 11) is 3.06. The first-order valence-electron chi connectivity index (χ1n) is 9.02. The van der Waals surface area contributed by atoms with Gasteiger partial charge in [-0.2, -0.15) is 0 Å². The number of benzene rings is 2. The van der Waals surface area contributed by atoms with Crippen molar-refractivity contribution in [3.8, 4) is 17.2 Å². The number of carbonyl (C=O) groups is 1. The van der Waals surface area contributed by atoms with E-state index in [0.717, 1.165) is 24.8 Å². The Morgan fingerprint density at radius 2 is 1.78 bits per heavy atom. The average molecular weight is 373 g/mol. The first-order chi connectivity index (χ1) is 13.1. The molecule has 6 nitrogen and oxygen atoms in total. The fraction of sp³-hybridized carbons (Fsp3) is 0.381. The molecule has 0 saturated heterocycles. The molecule has 2 aromatic carbocycles. The van der Waals surface area contributed by atoms with Crippen molar-refractivity contribution in [2.75, 3.05) is 26.1 Å². The lowest BCUT2D eigenvalue weighted by atomic mass is 10.1. The Morgan fingerprint density at radius 1 is 1.07 bits per heavy atom. The molecule has 0 radical (unpaired) electrons. The smallest absolute Gasteiger partial charge is 0.255 e. The Kier molecular flexibility index (Phi) is 7.95. The number of hydrogen-bond acceptors (Lipinski definition) is 5. The summed E-state index contributed by atoms with van der Waals surface area (Å²) in [6.45, 7) is 2.60. The van der Waals surface area contributed by atoms with Crippen molar-refractivity contribution in [2.24, 2.45) is 0 Å². The van der Waals surface area contributed by atoms with Gasteiger partial charge in [0.15, 0.2) is 11.5 Å². The van der Waals surface area contributed by atoms with Crippen LogP contribution in [-0.2, 0) is 6.61 Å². The van der Waals surface area contributed by atoms with E-state index in [1.54, 1.807) is 36.4 Å². The first kappa shape index (κ1) is 20.6. The molecule has 0 aromatic heterocycles. The first-order valence-corrected chi connectivity index (χ1v) is 9.02. The van der Waals surface area contributed by atoms with Crippen molar-refractivity contribution in [3.63, 3.8) is 0 Å². The van der Waals surface area contributed by atoms with Crippen molar-refractivity contribution in [1.82, 2.24) is 0 Å². The van der Waals surface area contributed by atoms with E-state index in [4.69, 9.17) is 14.2 Å². The largest absolute Gasteiger partial charge is 0.493 e. The van der Waals surface area contributed by atoms with Gasteiger partial charge in [0.05, 0.1) is 27.4 Å². The Hall–Kier alpha value is -2.73. The second-order valence-corrected chi connectivity index (χ2v) is 6.08. The number of aliphatic hydroxyl groups is 1. The molecule has 0 aliphatic heterocycles. The fourth-order valence-corrected chi connectivity index (χ4v) is 2.63. The number of methoxy groups -OCH3 is 2. The summed E-state index contributed by atoms with van der Waals surface area (Å²) in [4.78, 5) is 12.6. The van der Waals surface area contributed by atoms with Gasteiger partial charge < -0.3 is 24.6 Å². The number of unbranched alkanes of at least 4 members (excludes halogenated alkanes) is 2. The minimum Gasteiger partial charge on any atom is -0.493 e. The second-order valence-electron chi connectivity index (χ2n) is 6.08. The lowest BCUT2D eigenvalue weighted by molar-refractivity contribution is 0.102. The highest BCUT2D eigenvalue weighted by molar-refractivity contribution is 6.05. The maximum atomic E-state index is 12.6. The molecule has 0 aliphatic carbocycles. The van der Waals surface area contributed by atoms with Gasteiger partial charge in [0.1, 0.15) is 0 Å². The van der Waals surface area contributed by atoms with Crippen LogP contribution in [0.4, 0.5) is 5.69 Å². The molecule has 0 heterocycles. The van der Waals surface area contributed by atoms with Crippen molar-refractivity contribution in [3.05, 3.63) is 47.5 Å². The average Bonchev–Trinajstić information content (AvgIpc) is 2.70. The third-order valence-corrected chi connectivity index (χ3v) is 4.08. The molecule has 0 aliphatic rings. The molecule has 0 spiro atoms. The lowest BCUT2D eigenvalue weighted by Gasteiger charge is -2.16. The van der Waals surface area contributed by atoms with Gasteiger partial charge >= 0.3 is 0 Å². The summed E-state index contributed by atoms with van der Waals surface area (Å²) in [5, 5.41) is 12.0. The molecule has 2 aromatic rings. The van der Waals surface area contributed by atoms with Crippen LogP contribution in [0, 0.1) is 0 Å². The zero-order chi connectivity index (χ0) is 19.6. The summed E-state index contributed by atoms with van der Waals surface area (Å²) in [5.74, 6) is 1.08. The topological polar surface area (TPSA) is 77.0 Å². The molecule has 146 valence electrons. The van der Waals surface area contributed by atoms with Gasteiger partial charge in [-0.3, -0.25) is 4.79 Å². The molecule has 2 N–H and O–H groups in total. The van der Waals surface area contributed by atoms with Crippen LogP contribution in [0.3, 0.4) is 0 Å². The number of amides is 1. The molecule has 6 heteroatoms. The Morgan fingerprint density at radius 3 is 2.37 bits per heavy atom. The van der Waals surface area contributed by atoms with E-state index in [-0.39, 0.29) is 12.5 Å². The van der Waals surface area contributed by atoms with Crippen LogP contribution in [0.2, 0.25) is 0 Å². The quantitative estimate of drug-likeness (QED) is 0.615. The highest BCUT2D eigenvalue weighted by atomic mass is 16.5. The van der Waals surface area contributed by atoms with Crippen LogP contribution in [0.5, 0.6) is 17.2 Å². The van der Waals surface area contributed by atoms with Gasteiger partial charge in [-0.05, 0) is 36.2 Å². The molecule has 0 saturated carbocycles. The Labute approximate surface area is 160 Å². The SMILES string of the molecule is CCCCCOc1c(OC)cc(C(=O)Nc2cccc(CO)c2)cc1OC. The van der Waals surface area contributed by atoms with Gasteiger partial charge in [-0.25, -0.2) is 0 Å². The van der Waals surface area contributed by atoms with Gasteiger partial charge in [0.2, 0.25) is 5.75 Å². The molecule has 0 fully saturated rings. The van der Waals surface area contributed by atoms with Gasteiger partial charge in [0.25, 0.3) is 5.91 Å². The highest BCUT2D eigenvalue weighted by Crippen LogP contribution is 2.39. The summed E-state index contributed by atoms with van der Waals surface area (Å²) in [6, 6.07) is 10.3. The monoisotopic (exact) mass is 373 g/mol. The standard InChI is InChI=1S/C21H27NO5/c1-4-5-6-10-27-20-18(25-2)12-16(13-19(20)26-3)21(24)22-17-9-7-8-15(11-17)14-23/h7-9,11-13,23H,4-6,10,14H2,1-3H3,(H,22,24). The van der Waals surface area contributed by atoms with E-state index in [1.807, 2.05) is 0 Å². The van der Waals surface area contributed by atoms with Gasteiger partial charge in [-0.15, -0.1) is 0 Å². The Bertz CT molecular complexity index is 735. The maximum absolute atomic E-state index is 12.6. The van der Waals surface area contributed by atoms with Crippen LogP contribution in [0.25, 0.3) is 0 Å². The minimum absolute atomic E-state index is 0.0879. The number of aliphatic hydroxyl groups excluding tert-OH is 1. The summed E-state index contributed by atoms with van der Waals surface area (Å²) in [6.07, 6.45) is 3.12. The summed E-state index contributed by atoms with van der Waals surface area (Å²) in [5.41, 5.74) is 1.71. The fourth-order valence-electron chi connectivity index (χ4n) is 2.63. The van der Waals surface area contributed by atoms with Gasteiger partial charge in [0, 0.05) is 11.3 Å². The van der Waals surface area contributed by atoms with Crippen LogP contribution in [-0.4, -0.2) is 31.8 Å². The normalized spacial score (nSPS) is 10.4. The molecular formula is C21H27NO5. The van der Waals surface area contributed by atoms with Crippen LogP contribution in [0.1, 0.15) is 42.1 Å². The summed E-state index contributed by atoms with van der Waals surface area (Å²) >= 11 is 0. The van der Waals surface area contributed by atoms with E-state index in [1.165, 1.54) is 14.2 Å². The predicted octanol–water partition coefficient (Wildman–Crippen LogP) is 4.02. The van der Waals surface area contributed by atoms with Crippen molar-refractivity contribution in [2.45, 2.75) is 32.8 Å². The third kappa shape index (κ3) is 5.62. The van der Waals surface area contributed by atoms with E-state index in [9.17, 15) is 9.90 Å². The van der Waals surface area contributed by atoms with E-state index in [2.05, 4.69) is 12.2 Å². The maximum Gasteiger partial charge on any atom is 0.255 e. The number of anilines is 1. The van der Waals surface area contributed by atoms with Crippen molar-refractivity contribution in [1.29, 1.82) is 0 Å². The molecule has 27 heavy (non-hydrogen) atoms. The van der Waals surface area contributed by atoms with Crippen molar-refractivity contribution >= 4 is 11.6 Å². The van der Waals surface area contributed by atoms with Crippen LogP contribution >= 0.6 is 0 Å². The molecule has 1 amide bonds. The Balaban J connectivity index is 2.21. The molecular weight excluding hydrogens is 346 g/mol. The van der Waals surface area contributed by atoms with Crippen molar-refractivity contribution < 1.29 is 24.1 Å². The number of rotatable bonds is 10. The number of carbonyl (C=O) groups excluding carboxylic acids is 1. The zero-order valence-electron chi connectivity index (χ0n) is 16.1.